The molecule has 0 spiro atoms. The summed E-state index contributed by atoms with van der Waals surface area (Å²) in [4.78, 5) is 12.1. The molecule has 5 nitrogen and oxygen atoms in total. The first-order valence-electron chi connectivity index (χ1n) is 8.49. The second-order valence-electron chi connectivity index (χ2n) is 5.99. The monoisotopic (exact) mass is 342 g/mol. The van der Waals surface area contributed by atoms with E-state index in [9.17, 15) is 4.79 Å². The Bertz CT molecular complexity index is 678. The Labute approximate surface area is 149 Å². The van der Waals surface area contributed by atoms with Gasteiger partial charge >= 0.3 is 6.03 Å². The lowest BCUT2D eigenvalue weighted by molar-refractivity contribution is 0.236. The molecule has 0 fully saturated rings. The molecular formula is C20H26N2O3. The first kappa shape index (κ1) is 18.6. The normalized spacial score (nSPS) is 11.5. The maximum atomic E-state index is 12.1. The van der Waals surface area contributed by atoms with Crippen molar-refractivity contribution in [3.05, 3.63) is 53.6 Å². The largest absolute Gasteiger partial charge is 0.494 e. The quantitative estimate of drug-likeness (QED) is 0.789. The molecule has 25 heavy (non-hydrogen) atoms. The van der Waals surface area contributed by atoms with E-state index in [1.165, 1.54) is 0 Å². The summed E-state index contributed by atoms with van der Waals surface area (Å²) >= 11 is 0. The third kappa shape index (κ3) is 5.71. The molecule has 2 rings (SSSR count). The number of para-hydroxylation sites is 1. The number of rotatable bonds is 7. The van der Waals surface area contributed by atoms with E-state index in [1.807, 2.05) is 70.2 Å². The van der Waals surface area contributed by atoms with Gasteiger partial charge in [0.15, 0.2) is 0 Å². The molecule has 134 valence electrons. The van der Waals surface area contributed by atoms with E-state index in [2.05, 4.69) is 10.6 Å². The molecule has 0 aliphatic heterocycles. The molecule has 1 atom stereocenters. The molecule has 0 aliphatic rings. The third-order valence-corrected chi connectivity index (χ3v) is 3.69. The first-order chi connectivity index (χ1) is 12.0. The van der Waals surface area contributed by atoms with E-state index in [-0.39, 0.29) is 12.1 Å². The van der Waals surface area contributed by atoms with E-state index < -0.39 is 0 Å². The van der Waals surface area contributed by atoms with Gasteiger partial charge in [-0.2, -0.15) is 0 Å². The second kappa shape index (κ2) is 8.97. The Morgan fingerprint density at radius 1 is 1.04 bits per heavy atom. The Kier molecular flexibility index (Phi) is 6.69. The fourth-order valence-corrected chi connectivity index (χ4v) is 2.47. The summed E-state index contributed by atoms with van der Waals surface area (Å²) in [5, 5.41) is 5.67. The van der Waals surface area contributed by atoms with Crippen molar-refractivity contribution in [3.8, 4) is 11.5 Å². The molecule has 0 bridgehead atoms. The van der Waals surface area contributed by atoms with Crippen LogP contribution >= 0.6 is 0 Å². The molecule has 0 aromatic heterocycles. The van der Waals surface area contributed by atoms with E-state index in [0.717, 1.165) is 22.6 Å². The van der Waals surface area contributed by atoms with Crippen LogP contribution < -0.4 is 20.1 Å². The lowest BCUT2D eigenvalue weighted by atomic mass is 10.1. The summed E-state index contributed by atoms with van der Waals surface area (Å²) in [6.45, 7) is 8.89. The van der Waals surface area contributed by atoms with Crippen LogP contribution in [0.1, 0.15) is 25.0 Å². The highest BCUT2D eigenvalue weighted by Crippen LogP contribution is 2.22. The zero-order valence-electron chi connectivity index (χ0n) is 15.3. The van der Waals surface area contributed by atoms with Crippen molar-refractivity contribution in [3.63, 3.8) is 0 Å². The topological polar surface area (TPSA) is 59.6 Å². The molecule has 0 heterocycles. The summed E-state index contributed by atoms with van der Waals surface area (Å²) < 4.78 is 11.2. The Balaban J connectivity index is 1.81. The molecule has 1 unspecified atom stereocenters. The lowest BCUT2D eigenvalue weighted by Crippen LogP contribution is -2.39. The van der Waals surface area contributed by atoms with Gasteiger partial charge in [0.05, 0.1) is 12.6 Å². The predicted octanol–water partition coefficient (Wildman–Crippen LogP) is 4.29. The average Bonchev–Trinajstić information content (AvgIpc) is 2.56. The molecule has 2 N–H and O–H groups in total. The SMILES string of the molecule is CCOc1ccc(NC(=O)NC(C)COc2c(C)cccc2C)cc1. The lowest BCUT2D eigenvalue weighted by Gasteiger charge is -2.18. The molecule has 2 aromatic rings. The van der Waals surface area contributed by atoms with Crippen molar-refractivity contribution in [2.45, 2.75) is 33.7 Å². The smallest absolute Gasteiger partial charge is 0.319 e. The number of carbonyl (C=O) groups is 1. The Morgan fingerprint density at radius 3 is 2.28 bits per heavy atom. The molecule has 2 amide bonds. The number of aryl methyl sites for hydroxylation is 2. The summed E-state index contributed by atoms with van der Waals surface area (Å²) in [5.41, 5.74) is 2.89. The van der Waals surface area contributed by atoms with E-state index in [1.54, 1.807) is 0 Å². The van der Waals surface area contributed by atoms with Crippen molar-refractivity contribution >= 4 is 11.7 Å². The highest BCUT2D eigenvalue weighted by Gasteiger charge is 2.10. The number of benzene rings is 2. The van der Waals surface area contributed by atoms with Gasteiger partial charge in [-0.05, 0) is 63.1 Å². The summed E-state index contributed by atoms with van der Waals surface area (Å²) in [6.07, 6.45) is 0. The average molecular weight is 342 g/mol. The maximum Gasteiger partial charge on any atom is 0.319 e. The van der Waals surface area contributed by atoms with E-state index in [0.29, 0.717) is 18.9 Å². The molecule has 2 aromatic carbocycles. The number of carbonyl (C=O) groups excluding carboxylic acids is 1. The van der Waals surface area contributed by atoms with E-state index >= 15 is 0 Å². The van der Waals surface area contributed by atoms with Gasteiger partial charge < -0.3 is 20.1 Å². The van der Waals surface area contributed by atoms with Crippen molar-refractivity contribution < 1.29 is 14.3 Å². The van der Waals surface area contributed by atoms with Crippen molar-refractivity contribution in [2.75, 3.05) is 18.5 Å². The van der Waals surface area contributed by atoms with Crippen LogP contribution in [0, 0.1) is 13.8 Å². The van der Waals surface area contributed by atoms with Crippen molar-refractivity contribution in [2.24, 2.45) is 0 Å². The van der Waals surface area contributed by atoms with Crippen LogP contribution in [0.15, 0.2) is 42.5 Å². The van der Waals surface area contributed by atoms with Crippen LogP contribution in [0.2, 0.25) is 0 Å². The first-order valence-corrected chi connectivity index (χ1v) is 8.49. The Hall–Kier alpha value is -2.69. The van der Waals surface area contributed by atoms with Crippen LogP contribution in [-0.4, -0.2) is 25.3 Å². The van der Waals surface area contributed by atoms with Crippen LogP contribution in [0.3, 0.4) is 0 Å². The van der Waals surface area contributed by atoms with Crippen LogP contribution in [0.25, 0.3) is 0 Å². The fraction of sp³-hybridized carbons (Fsp3) is 0.350. The van der Waals surface area contributed by atoms with Crippen LogP contribution in [-0.2, 0) is 0 Å². The fourth-order valence-electron chi connectivity index (χ4n) is 2.47. The molecule has 0 radical (unpaired) electrons. The zero-order chi connectivity index (χ0) is 18.2. The molecule has 5 heteroatoms. The van der Waals surface area contributed by atoms with Gasteiger partial charge in [-0.1, -0.05) is 18.2 Å². The molecule has 0 aliphatic carbocycles. The summed E-state index contributed by atoms with van der Waals surface area (Å²) in [6, 6.07) is 12.9. The molecular weight excluding hydrogens is 316 g/mol. The maximum absolute atomic E-state index is 12.1. The molecule has 0 saturated carbocycles. The minimum absolute atomic E-state index is 0.123. The second-order valence-corrected chi connectivity index (χ2v) is 5.99. The number of hydrogen-bond acceptors (Lipinski definition) is 3. The molecule has 0 saturated heterocycles. The minimum atomic E-state index is -0.262. The number of anilines is 1. The van der Waals surface area contributed by atoms with Crippen LogP contribution in [0.4, 0.5) is 10.5 Å². The van der Waals surface area contributed by atoms with Crippen LogP contribution in [0.5, 0.6) is 11.5 Å². The van der Waals surface area contributed by atoms with Gasteiger partial charge in [-0.3, -0.25) is 0 Å². The van der Waals surface area contributed by atoms with Gasteiger partial charge in [0, 0.05) is 5.69 Å². The summed E-state index contributed by atoms with van der Waals surface area (Å²) in [5.74, 6) is 1.66. The van der Waals surface area contributed by atoms with Gasteiger partial charge in [-0.15, -0.1) is 0 Å². The predicted molar refractivity (Wildman–Crippen MR) is 101 cm³/mol. The summed E-state index contributed by atoms with van der Waals surface area (Å²) in [7, 11) is 0. The minimum Gasteiger partial charge on any atom is -0.494 e. The third-order valence-electron chi connectivity index (χ3n) is 3.69. The van der Waals surface area contributed by atoms with Gasteiger partial charge in [0.2, 0.25) is 0 Å². The van der Waals surface area contributed by atoms with Gasteiger partial charge in [0.1, 0.15) is 18.1 Å². The Morgan fingerprint density at radius 2 is 1.68 bits per heavy atom. The highest BCUT2D eigenvalue weighted by molar-refractivity contribution is 5.89. The number of amides is 2. The number of urea groups is 1. The number of hydrogen-bond donors (Lipinski definition) is 2. The highest BCUT2D eigenvalue weighted by atomic mass is 16.5. The number of ether oxygens (including phenoxy) is 2. The van der Waals surface area contributed by atoms with E-state index in [4.69, 9.17) is 9.47 Å². The zero-order valence-corrected chi connectivity index (χ0v) is 15.3. The van der Waals surface area contributed by atoms with Gasteiger partial charge in [0.25, 0.3) is 0 Å². The standard InChI is InChI=1S/C20H26N2O3/c1-5-24-18-11-9-17(10-12-18)22-20(23)21-16(4)13-25-19-14(2)7-6-8-15(19)3/h6-12,16H,5,13H2,1-4H3,(H2,21,22,23). The van der Waals surface area contributed by atoms with Crippen molar-refractivity contribution in [1.82, 2.24) is 5.32 Å². The van der Waals surface area contributed by atoms with Crippen molar-refractivity contribution in [1.29, 1.82) is 0 Å². The van der Waals surface area contributed by atoms with Gasteiger partial charge in [-0.25, -0.2) is 4.79 Å². The number of nitrogens with one attached hydrogen (secondary N) is 2.